The molecule has 0 spiro atoms. The molecular weight excluding hydrogens is 369 g/mol. The molecule has 1 N–H and O–H groups in total. The summed E-state index contributed by atoms with van der Waals surface area (Å²) in [5, 5.41) is 4.15. The summed E-state index contributed by atoms with van der Waals surface area (Å²) in [5.41, 5.74) is 0.852. The van der Waals surface area contributed by atoms with Crippen molar-refractivity contribution in [3.05, 3.63) is 47.9 Å². The van der Waals surface area contributed by atoms with Crippen LogP contribution in [-0.2, 0) is 10.9 Å². The van der Waals surface area contributed by atoms with Crippen LogP contribution in [0.1, 0.15) is 17.7 Å². The first-order chi connectivity index (χ1) is 13.4. The molecule has 1 aliphatic heterocycles. The van der Waals surface area contributed by atoms with Gasteiger partial charge >= 0.3 is 6.18 Å². The minimum atomic E-state index is -4.42. The van der Waals surface area contributed by atoms with Gasteiger partial charge in [0.1, 0.15) is 5.82 Å². The van der Waals surface area contributed by atoms with Crippen molar-refractivity contribution in [1.29, 1.82) is 0 Å². The Hall–Kier alpha value is -2.74. The van der Waals surface area contributed by atoms with Gasteiger partial charge in [-0.05, 0) is 37.6 Å². The van der Waals surface area contributed by atoms with Crippen LogP contribution in [0.5, 0.6) is 0 Å². The number of nitrogens with one attached hydrogen (secondary N) is 1. The largest absolute Gasteiger partial charge is 0.418 e. The lowest BCUT2D eigenvalue weighted by molar-refractivity contribution is -0.138. The van der Waals surface area contributed by atoms with Crippen LogP contribution in [-0.4, -0.2) is 34.7 Å². The van der Waals surface area contributed by atoms with Crippen molar-refractivity contribution in [3.63, 3.8) is 0 Å². The van der Waals surface area contributed by atoms with Crippen molar-refractivity contribution in [2.75, 3.05) is 25.1 Å². The maximum atomic E-state index is 13.0. The van der Waals surface area contributed by atoms with Gasteiger partial charge in [-0.15, -0.1) is 0 Å². The second-order valence-electron chi connectivity index (χ2n) is 6.86. The first-order valence-corrected chi connectivity index (χ1v) is 9.04. The number of fused-ring (bicyclic) bond motifs is 1. The minimum absolute atomic E-state index is 0.0717. The Kier molecular flexibility index (Phi) is 4.89. The Balaban J connectivity index is 1.70. The van der Waals surface area contributed by atoms with Gasteiger partial charge in [-0.25, -0.2) is 4.98 Å². The second kappa shape index (κ2) is 7.35. The Labute approximate surface area is 160 Å². The highest BCUT2D eigenvalue weighted by molar-refractivity contribution is 5.98. The SMILES string of the molecule is Cc1nc(-c2cnc(NCC3CCOC3)c3cccnc23)ccc1C(F)(F)F. The van der Waals surface area contributed by atoms with E-state index in [1.54, 1.807) is 12.4 Å². The number of aryl methyl sites for hydroxylation is 1. The topological polar surface area (TPSA) is 59.9 Å². The highest BCUT2D eigenvalue weighted by Gasteiger charge is 2.33. The molecule has 0 radical (unpaired) electrons. The summed E-state index contributed by atoms with van der Waals surface area (Å²) in [6, 6.07) is 6.12. The number of aromatic nitrogens is 3. The molecule has 0 aromatic carbocycles. The van der Waals surface area contributed by atoms with E-state index in [1.807, 2.05) is 12.1 Å². The summed E-state index contributed by atoms with van der Waals surface area (Å²) in [7, 11) is 0. The standard InChI is InChI=1S/C20H19F3N4O/c1-12-16(20(21,22)23)4-5-17(27-12)15-10-26-19(14-3-2-7-24-18(14)15)25-9-13-6-8-28-11-13/h2-5,7,10,13H,6,8-9,11H2,1H3,(H,25,26). The van der Waals surface area contributed by atoms with Crippen LogP contribution in [0.3, 0.4) is 0 Å². The highest BCUT2D eigenvalue weighted by atomic mass is 19.4. The van der Waals surface area contributed by atoms with Crippen LogP contribution in [0.15, 0.2) is 36.7 Å². The van der Waals surface area contributed by atoms with Crippen molar-refractivity contribution in [2.45, 2.75) is 19.5 Å². The van der Waals surface area contributed by atoms with E-state index in [-0.39, 0.29) is 5.69 Å². The molecule has 1 saturated heterocycles. The van der Waals surface area contributed by atoms with Crippen molar-refractivity contribution < 1.29 is 17.9 Å². The van der Waals surface area contributed by atoms with Crippen molar-refractivity contribution >= 4 is 16.7 Å². The molecule has 3 aromatic rings. The monoisotopic (exact) mass is 388 g/mol. The second-order valence-corrected chi connectivity index (χ2v) is 6.86. The Morgan fingerprint density at radius 2 is 2.07 bits per heavy atom. The first kappa shape index (κ1) is 18.6. The van der Waals surface area contributed by atoms with E-state index in [4.69, 9.17) is 4.74 Å². The Bertz CT molecular complexity index is 1000. The molecule has 1 atom stereocenters. The van der Waals surface area contributed by atoms with Gasteiger partial charge in [0.2, 0.25) is 0 Å². The molecule has 0 aliphatic carbocycles. The summed E-state index contributed by atoms with van der Waals surface area (Å²) in [6.45, 7) is 3.61. The van der Waals surface area contributed by atoms with Gasteiger partial charge in [0.25, 0.3) is 0 Å². The van der Waals surface area contributed by atoms with Crippen LogP contribution in [0.4, 0.5) is 19.0 Å². The quantitative estimate of drug-likeness (QED) is 0.715. The molecule has 4 rings (SSSR count). The maximum Gasteiger partial charge on any atom is 0.418 e. The van der Waals surface area contributed by atoms with E-state index in [1.165, 1.54) is 13.0 Å². The van der Waals surface area contributed by atoms with Crippen LogP contribution in [0, 0.1) is 12.8 Å². The molecule has 0 bridgehead atoms. The average molecular weight is 388 g/mol. The van der Waals surface area contributed by atoms with Crippen molar-refractivity contribution in [3.8, 4) is 11.3 Å². The summed E-state index contributed by atoms with van der Waals surface area (Å²) in [5.74, 6) is 1.13. The fourth-order valence-electron chi connectivity index (χ4n) is 3.40. The van der Waals surface area contributed by atoms with Gasteiger partial charge in [-0.2, -0.15) is 13.2 Å². The summed E-state index contributed by atoms with van der Waals surface area (Å²) in [6.07, 6.45) is -0.156. The van der Waals surface area contributed by atoms with Crippen molar-refractivity contribution in [2.24, 2.45) is 5.92 Å². The lowest BCUT2D eigenvalue weighted by atomic mass is 10.1. The third kappa shape index (κ3) is 3.64. The number of ether oxygens (including phenoxy) is 1. The molecule has 4 heterocycles. The molecule has 1 fully saturated rings. The molecule has 28 heavy (non-hydrogen) atoms. The van der Waals surface area contributed by atoms with E-state index in [2.05, 4.69) is 20.3 Å². The fraction of sp³-hybridized carbons (Fsp3) is 0.350. The number of alkyl halides is 3. The Morgan fingerprint density at radius 3 is 2.79 bits per heavy atom. The molecule has 1 unspecified atom stereocenters. The summed E-state index contributed by atoms with van der Waals surface area (Å²) >= 11 is 0. The molecule has 8 heteroatoms. The Morgan fingerprint density at radius 1 is 1.21 bits per heavy atom. The fourth-order valence-corrected chi connectivity index (χ4v) is 3.40. The summed E-state index contributed by atoms with van der Waals surface area (Å²) < 4.78 is 44.5. The number of nitrogens with zero attached hydrogens (tertiary/aromatic N) is 3. The van der Waals surface area contributed by atoms with Gasteiger partial charge in [-0.1, -0.05) is 0 Å². The molecule has 5 nitrogen and oxygen atoms in total. The zero-order chi connectivity index (χ0) is 19.7. The van der Waals surface area contributed by atoms with Gasteiger partial charge in [-0.3, -0.25) is 9.97 Å². The number of hydrogen-bond acceptors (Lipinski definition) is 5. The number of rotatable bonds is 4. The van der Waals surface area contributed by atoms with E-state index in [0.29, 0.717) is 28.5 Å². The number of halogens is 3. The van der Waals surface area contributed by atoms with Crippen LogP contribution in [0.2, 0.25) is 0 Å². The van der Waals surface area contributed by atoms with Crippen LogP contribution < -0.4 is 5.32 Å². The summed E-state index contributed by atoms with van der Waals surface area (Å²) in [4.78, 5) is 13.1. The van der Waals surface area contributed by atoms with E-state index >= 15 is 0 Å². The lowest BCUT2D eigenvalue weighted by Crippen LogP contribution is -2.15. The predicted octanol–water partition coefficient (Wildman–Crippen LogP) is 4.47. The number of hydrogen-bond donors (Lipinski definition) is 1. The smallest absolute Gasteiger partial charge is 0.381 e. The highest BCUT2D eigenvalue weighted by Crippen LogP contribution is 2.34. The van der Waals surface area contributed by atoms with E-state index in [9.17, 15) is 13.2 Å². The number of pyridine rings is 3. The lowest BCUT2D eigenvalue weighted by Gasteiger charge is -2.14. The first-order valence-electron chi connectivity index (χ1n) is 9.04. The van der Waals surface area contributed by atoms with E-state index in [0.717, 1.165) is 37.6 Å². The molecular formula is C20H19F3N4O. The minimum Gasteiger partial charge on any atom is -0.381 e. The normalized spacial score (nSPS) is 17.2. The predicted molar refractivity (Wildman–Crippen MR) is 99.9 cm³/mol. The molecule has 0 saturated carbocycles. The zero-order valence-corrected chi connectivity index (χ0v) is 15.3. The molecule has 1 aliphatic rings. The third-order valence-electron chi connectivity index (χ3n) is 4.89. The average Bonchev–Trinajstić information content (AvgIpc) is 3.18. The van der Waals surface area contributed by atoms with Crippen LogP contribution >= 0.6 is 0 Å². The van der Waals surface area contributed by atoms with Crippen LogP contribution in [0.25, 0.3) is 22.2 Å². The van der Waals surface area contributed by atoms with Gasteiger partial charge in [0, 0.05) is 42.4 Å². The number of anilines is 1. The zero-order valence-electron chi connectivity index (χ0n) is 15.3. The molecule has 146 valence electrons. The van der Waals surface area contributed by atoms with Gasteiger partial charge < -0.3 is 10.1 Å². The van der Waals surface area contributed by atoms with E-state index < -0.39 is 11.7 Å². The van der Waals surface area contributed by atoms with Crippen molar-refractivity contribution in [1.82, 2.24) is 15.0 Å². The third-order valence-corrected chi connectivity index (χ3v) is 4.89. The maximum absolute atomic E-state index is 13.0. The van der Waals surface area contributed by atoms with Gasteiger partial charge in [0.15, 0.2) is 0 Å². The molecule has 0 amide bonds. The van der Waals surface area contributed by atoms with Gasteiger partial charge in [0.05, 0.1) is 29.1 Å². The molecule has 3 aromatic heterocycles.